The van der Waals surface area contributed by atoms with Gasteiger partial charge in [-0.3, -0.25) is 9.59 Å². The number of ketones is 1. The Hall–Kier alpha value is -1.90. The smallest absolute Gasteiger partial charge is 0.307 e. The quantitative estimate of drug-likeness (QED) is 0.667. The Kier molecular flexibility index (Phi) is 4.15. The third-order valence-electron chi connectivity index (χ3n) is 3.75. The molecular formula is C16H18O3. The van der Waals surface area contributed by atoms with Gasteiger partial charge in [-0.05, 0) is 24.8 Å². The van der Waals surface area contributed by atoms with Crippen LogP contribution in [0.2, 0.25) is 0 Å². The molecule has 0 bridgehead atoms. The maximum atomic E-state index is 12.6. The molecule has 1 N–H and O–H groups in total. The van der Waals surface area contributed by atoms with E-state index in [0.717, 1.165) is 12.0 Å². The summed E-state index contributed by atoms with van der Waals surface area (Å²) in [4.78, 5) is 23.9. The van der Waals surface area contributed by atoms with Crippen LogP contribution >= 0.6 is 0 Å². The first-order valence-electron chi connectivity index (χ1n) is 6.65. The minimum atomic E-state index is -0.878. The summed E-state index contributed by atoms with van der Waals surface area (Å²) in [5.41, 5.74) is 1.67. The maximum absolute atomic E-state index is 12.6. The fraction of sp³-hybridized carbons (Fsp3) is 0.375. The molecule has 0 spiro atoms. The molecule has 1 aromatic carbocycles. The van der Waals surface area contributed by atoms with Crippen LogP contribution in [0, 0.1) is 11.8 Å². The van der Waals surface area contributed by atoms with Gasteiger partial charge in [-0.25, -0.2) is 0 Å². The van der Waals surface area contributed by atoms with E-state index in [1.165, 1.54) is 0 Å². The number of carbonyl (C=O) groups is 2. The molecule has 0 fully saturated rings. The van der Waals surface area contributed by atoms with E-state index in [1.54, 1.807) is 6.07 Å². The molecule has 1 aliphatic rings. The maximum Gasteiger partial charge on any atom is 0.307 e. The van der Waals surface area contributed by atoms with Crippen LogP contribution in [0.4, 0.5) is 0 Å². The van der Waals surface area contributed by atoms with E-state index in [0.29, 0.717) is 18.4 Å². The fourth-order valence-corrected chi connectivity index (χ4v) is 2.65. The molecule has 0 amide bonds. The van der Waals surface area contributed by atoms with E-state index in [-0.39, 0.29) is 5.78 Å². The number of carboxylic acid groups (broad SMARTS) is 1. The van der Waals surface area contributed by atoms with Crippen molar-refractivity contribution in [1.29, 1.82) is 0 Å². The number of aliphatic carboxylic acids is 1. The van der Waals surface area contributed by atoms with Gasteiger partial charge in [0, 0.05) is 11.5 Å². The Morgan fingerprint density at radius 1 is 1.16 bits per heavy atom. The number of benzene rings is 1. The van der Waals surface area contributed by atoms with Crippen LogP contribution in [0.3, 0.4) is 0 Å². The number of carboxylic acids is 1. The second kappa shape index (κ2) is 5.83. The van der Waals surface area contributed by atoms with Gasteiger partial charge in [0.25, 0.3) is 0 Å². The van der Waals surface area contributed by atoms with Crippen LogP contribution in [0.25, 0.3) is 0 Å². The summed E-state index contributed by atoms with van der Waals surface area (Å²) in [7, 11) is 0. The van der Waals surface area contributed by atoms with E-state index in [2.05, 4.69) is 0 Å². The summed E-state index contributed by atoms with van der Waals surface area (Å²) in [5.74, 6) is -1.94. The van der Waals surface area contributed by atoms with Crippen molar-refractivity contribution in [2.45, 2.75) is 26.2 Å². The van der Waals surface area contributed by atoms with Crippen molar-refractivity contribution in [3.05, 3.63) is 47.5 Å². The van der Waals surface area contributed by atoms with Gasteiger partial charge in [0.2, 0.25) is 0 Å². The number of aryl methyl sites for hydroxylation is 1. The highest BCUT2D eigenvalue weighted by atomic mass is 16.4. The molecule has 1 aliphatic carbocycles. The van der Waals surface area contributed by atoms with Gasteiger partial charge in [-0.2, -0.15) is 0 Å². The van der Waals surface area contributed by atoms with Crippen LogP contribution in [-0.2, 0) is 11.2 Å². The molecule has 3 nitrogen and oxygen atoms in total. The highest BCUT2D eigenvalue weighted by molar-refractivity contribution is 6.01. The van der Waals surface area contributed by atoms with Crippen LogP contribution in [0.5, 0.6) is 0 Å². The van der Waals surface area contributed by atoms with Gasteiger partial charge >= 0.3 is 5.97 Å². The molecule has 0 aliphatic heterocycles. The highest BCUT2D eigenvalue weighted by Gasteiger charge is 2.34. The Balaban J connectivity index is 2.32. The van der Waals surface area contributed by atoms with Crippen LogP contribution in [0.15, 0.2) is 36.4 Å². The molecule has 19 heavy (non-hydrogen) atoms. The average Bonchev–Trinajstić information content (AvgIpc) is 2.46. The lowest BCUT2D eigenvalue weighted by Gasteiger charge is -2.24. The zero-order valence-corrected chi connectivity index (χ0v) is 11.0. The third-order valence-corrected chi connectivity index (χ3v) is 3.75. The monoisotopic (exact) mass is 258 g/mol. The molecular weight excluding hydrogens is 240 g/mol. The van der Waals surface area contributed by atoms with Gasteiger partial charge in [0.05, 0.1) is 5.92 Å². The number of carbonyl (C=O) groups excluding carboxylic acids is 1. The summed E-state index contributed by atoms with van der Waals surface area (Å²) >= 11 is 0. The predicted octanol–water partition coefficient (Wildman–Crippen LogP) is 3.10. The average molecular weight is 258 g/mol. The molecule has 1 aromatic rings. The van der Waals surface area contributed by atoms with Gasteiger partial charge in [0.15, 0.2) is 5.78 Å². The standard InChI is InChI=1S/C16H18O3/c1-2-11-7-3-4-8-12(11)15(17)13-9-5-6-10-14(13)16(18)19/h3-8,13-14H,2,9-10H2,1H3,(H,18,19). The number of Topliss-reactive ketones (excluding diaryl/α,β-unsaturated/α-hetero) is 1. The first-order valence-corrected chi connectivity index (χ1v) is 6.65. The SMILES string of the molecule is CCc1ccccc1C(=O)C1CC=CCC1C(=O)O. The molecule has 3 heteroatoms. The molecule has 2 unspecified atom stereocenters. The number of hydrogen-bond acceptors (Lipinski definition) is 2. The normalized spacial score (nSPS) is 22.2. The van der Waals surface area contributed by atoms with Gasteiger partial charge in [-0.15, -0.1) is 0 Å². The van der Waals surface area contributed by atoms with E-state index < -0.39 is 17.8 Å². The molecule has 0 saturated heterocycles. The minimum Gasteiger partial charge on any atom is -0.481 e. The third kappa shape index (κ3) is 2.75. The molecule has 0 radical (unpaired) electrons. The van der Waals surface area contributed by atoms with E-state index in [4.69, 9.17) is 0 Å². The first-order chi connectivity index (χ1) is 9.15. The van der Waals surface area contributed by atoms with E-state index >= 15 is 0 Å². The Morgan fingerprint density at radius 2 is 1.79 bits per heavy atom. The van der Waals surface area contributed by atoms with Gasteiger partial charge in [0.1, 0.15) is 0 Å². The Labute approximate surface area is 113 Å². The number of hydrogen-bond donors (Lipinski definition) is 1. The van der Waals surface area contributed by atoms with Crippen LogP contribution in [0.1, 0.15) is 35.7 Å². The van der Waals surface area contributed by atoms with E-state index in [1.807, 2.05) is 37.3 Å². The van der Waals surface area contributed by atoms with Gasteiger partial charge < -0.3 is 5.11 Å². The van der Waals surface area contributed by atoms with Crippen LogP contribution in [-0.4, -0.2) is 16.9 Å². The molecule has 100 valence electrons. The Morgan fingerprint density at radius 3 is 2.42 bits per heavy atom. The summed E-state index contributed by atoms with van der Waals surface area (Å²) in [5, 5.41) is 9.24. The highest BCUT2D eigenvalue weighted by Crippen LogP contribution is 2.30. The van der Waals surface area contributed by atoms with Gasteiger partial charge in [-0.1, -0.05) is 43.3 Å². The Bertz CT molecular complexity index is 516. The van der Waals surface area contributed by atoms with Crippen molar-refractivity contribution in [3.8, 4) is 0 Å². The summed E-state index contributed by atoms with van der Waals surface area (Å²) in [6, 6.07) is 7.48. The van der Waals surface area contributed by atoms with E-state index in [9.17, 15) is 14.7 Å². The lowest BCUT2D eigenvalue weighted by molar-refractivity contribution is -0.143. The lowest BCUT2D eigenvalue weighted by Crippen LogP contribution is -2.31. The largest absolute Gasteiger partial charge is 0.481 e. The topological polar surface area (TPSA) is 54.4 Å². The summed E-state index contributed by atoms with van der Waals surface area (Å²) in [6.45, 7) is 2.00. The van der Waals surface area contributed by atoms with Crippen molar-refractivity contribution in [2.75, 3.05) is 0 Å². The predicted molar refractivity (Wildman–Crippen MR) is 73.1 cm³/mol. The van der Waals surface area contributed by atoms with Crippen molar-refractivity contribution in [1.82, 2.24) is 0 Å². The van der Waals surface area contributed by atoms with Crippen molar-refractivity contribution in [2.24, 2.45) is 11.8 Å². The number of rotatable bonds is 4. The second-order valence-electron chi connectivity index (χ2n) is 4.87. The van der Waals surface area contributed by atoms with Crippen LogP contribution < -0.4 is 0 Å². The first kappa shape index (κ1) is 13.5. The lowest BCUT2D eigenvalue weighted by atomic mass is 9.77. The molecule has 2 atom stereocenters. The van der Waals surface area contributed by atoms with Crippen molar-refractivity contribution < 1.29 is 14.7 Å². The second-order valence-corrected chi connectivity index (χ2v) is 4.87. The molecule has 0 aromatic heterocycles. The summed E-state index contributed by atoms with van der Waals surface area (Å²) < 4.78 is 0. The molecule has 2 rings (SSSR count). The fourth-order valence-electron chi connectivity index (χ4n) is 2.65. The molecule has 0 heterocycles. The minimum absolute atomic E-state index is 0.0331. The summed E-state index contributed by atoms with van der Waals surface area (Å²) in [6.07, 6.45) is 5.51. The van der Waals surface area contributed by atoms with Crippen molar-refractivity contribution >= 4 is 11.8 Å². The molecule has 0 saturated carbocycles. The number of allylic oxidation sites excluding steroid dienone is 2. The zero-order chi connectivity index (χ0) is 13.8. The zero-order valence-electron chi connectivity index (χ0n) is 11.0. The van der Waals surface area contributed by atoms with Crippen molar-refractivity contribution in [3.63, 3.8) is 0 Å².